The Morgan fingerprint density at radius 2 is 1.68 bits per heavy atom. The summed E-state index contributed by atoms with van der Waals surface area (Å²) in [6.45, 7) is 4.41. The van der Waals surface area contributed by atoms with Crippen LogP contribution in [0.15, 0.2) is 30.3 Å². The molecular weight excluding hydrogens is 480 g/mol. The molecule has 6 rings (SSSR count). The summed E-state index contributed by atoms with van der Waals surface area (Å²) >= 11 is 0. The normalized spacial score (nSPS) is 24.3. The number of aryl methyl sites for hydroxylation is 2. The predicted molar refractivity (Wildman–Crippen MR) is 132 cm³/mol. The third-order valence-electron chi connectivity index (χ3n) is 7.40. The van der Waals surface area contributed by atoms with E-state index >= 15 is 0 Å². The Kier molecular flexibility index (Phi) is 5.95. The quantitative estimate of drug-likeness (QED) is 0.518. The van der Waals surface area contributed by atoms with Gasteiger partial charge < -0.3 is 38.3 Å². The second kappa shape index (κ2) is 9.18. The largest absolute Gasteiger partial charge is 0.461 e. The summed E-state index contributed by atoms with van der Waals surface area (Å²) in [7, 11) is 3.05. The Labute approximate surface area is 213 Å². The van der Waals surface area contributed by atoms with Crippen molar-refractivity contribution in [3.8, 4) is 28.4 Å². The summed E-state index contributed by atoms with van der Waals surface area (Å²) in [5.41, 5.74) is 4.68. The molecule has 9 nitrogen and oxygen atoms in total. The van der Waals surface area contributed by atoms with Gasteiger partial charge in [-0.1, -0.05) is 12.1 Å². The summed E-state index contributed by atoms with van der Waals surface area (Å²) in [5, 5.41) is 12.6. The maximum atomic E-state index is 13.1. The van der Waals surface area contributed by atoms with Gasteiger partial charge in [0.1, 0.15) is 30.7 Å². The van der Waals surface area contributed by atoms with Crippen LogP contribution >= 0.6 is 0 Å². The molecule has 0 spiro atoms. The number of methoxy groups -OCH3 is 2. The first-order chi connectivity index (χ1) is 17.9. The van der Waals surface area contributed by atoms with Crippen LogP contribution in [0.1, 0.15) is 27.0 Å². The van der Waals surface area contributed by atoms with Gasteiger partial charge in [-0.15, -0.1) is 0 Å². The third-order valence-corrected chi connectivity index (χ3v) is 7.40. The van der Waals surface area contributed by atoms with Gasteiger partial charge in [0.05, 0.1) is 12.2 Å². The highest BCUT2D eigenvalue weighted by atomic mass is 16.7. The van der Waals surface area contributed by atoms with E-state index in [4.69, 9.17) is 33.2 Å². The van der Waals surface area contributed by atoms with Crippen molar-refractivity contribution in [1.29, 1.82) is 0 Å². The van der Waals surface area contributed by atoms with Crippen molar-refractivity contribution in [2.75, 3.05) is 27.6 Å². The number of aliphatic hydroxyl groups excluding tert-OH is 1. The molecule has 194 valence electrons. The number of aliphatic hydroxyl groups is 1. The molecule has 0 unspecified atom stereocenters. The number of carbonyl (C=O) groups excluding carboxylic acids is 1. The van der Waals surface area contributed by atoms with Crippen LogP contribution in [0, 0.1) is 13.8 Å². The number of benzene rings is 3. The molecule has 3 aromatic carbocycles. The highest BCUT2D eigenvalue weighted by Crippen LogP contribution is 2.47. The minimum atomic E-state index is -1.12. The molecule has 0 amide bonds. The van der Waals surface area contributed by atoms with Crippen molar-refractivity contribution in [1.82, 2.24) is 0 Å². The van der Waals surface area contributed by atoms with E-state index in [0.29, 0.717) is 28.4 Å². The van der Waals surface area contributed by atoms with Crippen molar-refractivity contribution in [2.24, 2.45) is 0 Å². The van der Waals surface area contributed by atoms with E-state index in [-0.39, 0.29) is 20.0 Å². The maximum Gasteiger partial charge on any atom is 0.339 e. The Balaban J connectivity index is 1.54. The molecule has 0 radical (unpaired) electrons. The van der Waals surface area contributed by atoms with Crippen LogP contribution in [0.25, 0.3) is 21.9 Å². The van der Waals surface area contributed by atoms with E-state index in [1.165, 1.54) is 14.2 Å². The van der Waals surface area contributed by atoms with Gasteiger partial charge in [0.25, 0.3) is 0 Å². The minimum absolute atomic E-state index is 0.0428. The average Bonchev–Trinajstić information content (AvgIpc) is 3.52. The van der Waals surface area contributed by atoms with Gasteiger partial charge in [-0.3, -0.25) is 0 Å². The molecule has 4 atom stereocenters. The number of hydrogen-bond donors (Lipinski definition) is 1. The first-order valence-electron chi connectivity index (χ1n) is 12.1. The topological polar surface area (TPSA) is 102 Å². The summed E-state index contributed by atoms with van der Waals surface area (Å²) < 4.78 is 39.7. The molecule has 9 heteroatoms. The second-order valence-electron chi connectivity index (χ2n) is 9.47. The van der Waals surface area contributed by atoms with Crippen LogP contribution in [-0.2, 0) is 25.6 Å². The SMILES string of the molecule is CO[C@@H]1[C@@H](O)[C@H](Oc2c3c(c(-c4ccc5c(c4)OCO5)c4cc(C)c(C)cc24)C(=O)OC3)OC[C@H]1OC. The molecule has 37 heavy (non-hydrogen) atoms. The lowest BCUT2D eigenvalue weighted by atomic mass is 9.88. The summed E-state index contributed by atoms with van der Waals surface area (Å²) in [5.74, 6) is 1.28. The molecule has 1 fully saturated rings. The fourth-order valence-corrected chi connectivity index (χ4v) is 5.30. The van der Waals surface area contributed by atoms with Crippen LogP contribution in [0.3, 0.4) is 0 Å². The van der Waals surface area contributed by atoms with E-state index in [1.54, 1.807) is 0 Å². The van der Waals surface area contributed by atoms with Gasteiger partial charge in [-0.05, 0) is 54.1 Å². The molecule has 0 aliphatic carbocycles. The van der Waals surface area contributed by atoms with Crippen molar-refractivity contribution in [3.05, 3.63) is 52.6 Å². The number of hydrogen-bond acceptors (Lipinski definition) is 9. The summed E-state index contributed by atoms with van der Waals surface area (Å²) in [4.78, 5) is 13.1. The van der Waals surface area contributed by atoms with Gasteiger partial charge in [-0.25, -0.2) is 4.79 Å². The number of cyclic esters (lactones) is 1. The van der Waals surface area contributed by atoms with E-state index < -0.39 is 30.6 Å². The molecule has 0 aromatic heterocycles. The standard InChI is InChI=1S/C28H28O9/c1-13-7-16-17(8-14(13)2)25(37-28-24(29)26(32-4)21(31-3)11-34-28)18-10-33-27(30)23(18)22(16)15-5-6-19-20(9-15)36-12-35-19/h5-9,21,24,26,28-29H,10-12H2,1-4H3/t21-,24-,26+,28+/m1/s1. The smallest absolute Gasteiger partial charge is 0.339 e. The third kappa shape index (κ3) is 3.81. The van der Waals surface area contributed by atoms with Crippen LogP contribution in [0.4, 0.5) is 0 Å². The maximum absolute atomic E-state index is 13.1. The molecule has 3 aromatic rings. The number of fused-ring (bicyclic) bond motifs is 3. The Morgan fingerprint density at radius 3 is 2.43 bits per heavy atom. The van der Waals surface area contributed by atoms with E-state index in [1.807, 2.05) is 44.2 Å². The lowest BCUT2D eigenvalue weighted by molar-refractivity contribution is -0.252. The molecule has 3 heterocycles. The summed E-state index contributed by atoms with van der Waals surface area (Å²) in [6, 6.07) is 9.69. The Bertz CT molecular complexity index is 1400. The monoisotopic (exact) mass is 508 g/mol. The molecule has 1 N–H and O–H groups in total. The van der Waals surface area contributed by atoms with Gasteiger partial charge >= 0.3 is 5.97 Å². The molecule has 0 bridgehead atoms. The van der Waals surface area contributed by atoms with Gasteiger partial charge in [0.15, 0.2) is 11.5 Å². The van der Waals surface area contributed by atoms with Gasteiger partial charge in [0, 0.05) is 30.7 Å². The zero-order chi connectivity index (χ0) is 25.8. The molecule has 0 saturated carbocycles. The van der Waals surface area contributed by atoms with E-state index in [0.717, 1.165) is 33.0 Å². The van der Waals surface area contributed by atoms with E-state index in [2.05, 4.69) is 0 Å². The van der Waals surface area contributed by atoms with Crippen LogP contribution < -0.4 is 14.2 Å². The predicted octanol–water partition coefficient (Wildman–Crippen LogP) is 3.65. The zero-order valence-corrected chi connectivity index (χ0v) is 21.0. The minimum Gasteiger partial charge on any atom is -0.461 e. The first kappa shape index (κ1) is 24.0. The zero-order valence-electron chi connectivity index (χ0n) is 21.0. The highest BCUT2D eigenvalue weighted by Gasteiger charge is 2.43. The first-order valence-corrected chi connectivity index (χ1v) is 12.1. The lowest BCUT2D eigenvalue weighted by Crippen LogP contribution is -2.56. The van der Waals surface area contributed by atoms with Crippen LogP contribution in [0.5, 0.6) is 17.2 Å². The number of rotatable bonds is 5. The average molecular weight is 509 g/mol. The molecular formula is C28H28O9. The fourth-order valence-electron chi connectivity index (χ4n) is 5.30. The van der Waals surface area contributed by atoms with Crippen molar-refractivity contribution in [3.63, 3.8) is 0 Å². The number of ether oxygens (including phenoxy) is 7. The number of carbonyl (C=O) groups is 1. The molecule has 3 aliphatic rings. The van der Waals surface area contributed by atoms with E-state index in [9.17, 15) is 9.90 Å². The van der Waals surface area contributed by atoms with Crippen molar-refractivity contribution >= 4 is 16.7 Å². The van der Waals surface area contributed by atoms with Crippen LogP contribution in [0.2, 0.25) is 0 Å². The van der Waals surface area contributed by atoms with Gasteiger partial charge in [-0.2, -0.15) is 0 Å². The van der Waals surface area contributed by atoms with Crippen LogP contribution in [-0.4, -0.2) is 63.3 Å². The Hall–Kier alpha value is -3.37. The Morgan fingerprint density at radius 1 is 0.919 bits per heavy atom. The van der Waals surface area contributed by atoms with Crippen molar-refractivity contribution in [2.45, 2.75) is 45.1 Å². The number of esters is 1. The van der Waals surface area contributed by atoms with Gasteiger partial charge in [0.2, 0.25) is 13.1 Å². The lowest BCUT2D eigenvalue weighted by Gasteiger charge is -2.38. The fraction of sp³-hybridized carbons (Fsp3) is 0.393. The molecule has 3 aliphatic heterocycles. The highest BCUT2D eigenvalue weighted by molar-refractivity contribution is 6.13. The second-order valence-corrected chi connectivity index (χ2v) is 9.47. The van der Waals surface area contributed by atoms with Crippen molar-refractivity contribution < 1.29 is 43.1 Å². The molecule has 1 saturated heterocycles. The summed E-state index contributed by atoms with van der Waals surface area (Å²) in [6.07, 6.45) is -3.23.